The number of nitrogens with one attached hydrogen (secondary N) is 1. The lowest BCUT2D eigenvalue weighted by atomic mass is 10.3. The molecule has 0 aliphatic rings. The molecule has 1 atom stereocenters. The lowest BCUT2D eigenvalue weighted by molar-refractivity contribution is 0.326. The van der Waals surface area contributed by atoms with Crippen molar-refractivity contribution in [2.24, 2.45) is 0 Å². The Hall–Kier alpha value is -0.610. The molecule has 0 saturated carbocycles. The minimum atomic E-state index is 0.496. The molecule has 0 spiro atoms. The van der Waals surface area contributed by atoms with Gasteiger partial charge in [-0.1, -0.05) is 0 Å². The quantitative estimate of drug-likeness (QED) is 0.912. The second-order valence-electron chi connectivity index (χ2n) is 4.01. The molecule has 0 aliphatic carbocycles. The van der Waals surface area contributed by atoms with Crippen LogP contribution in [0.3, 0.4) is 0 Å². The minimum absolute atomic E-state index is 0.496. The molecule has 1 aromatic rings. The molecule has 1 aromatic heterocycles. The zero-order valence-corrected chi connectivity index (χ0v) is 11.3. The van der Waals surface area contributed by atoms with Crippen LogP contribution in [0.25, 0.3) is 0 Å². The normalized spacial score (nSPS) is 12.9. The number of likely N-dealkylation sites (N-methyl/N-ethyl adjacent to an activating group) is 1. The summed E-state index contributed by atoms with van der Waals surface area (Å²) in [5.74, 6) is 0.935. The maximum atomic E-state index is 4.29. The van der Waals surface area contributed by atoms with E-state index in [1.54, 1.807) is 0 Å². The first-order valence-electron chi connectivity index (χ1n) is 5.03. The monoisotopic (exact) mass is 271 g/mol. The summed E-state index contributed by atoms with van der Waals surface area (Å²) >= 11 is 3.43. The summed E-state index contributed by atoms with van der Waals surface area (Å²) in [6.45, 7) is 5.14. The van der Waals surface area contributed by atoms with E-state index in [4.69, 9.17) is 0 Å². The van der Waals surface area contributed by atoms with E-state index >= 15 is 0 Å². The fourth-order valence-corrected chi connectivity index (χ4v) is 1.29. The molecule has 0 saturated heterocycles. The highest BCUT2D eigenvalue weighted by molar-refractivity contribution is 9.10. The number of nitrogens with zero attached hydrogens (tertiary/aromatic N) is 2. The molecule has 0 radical (unpaired) electrons. The summed E-state index contributed by atoms with van der Waals surface area (Å²) in [6, 6.07) is 2.54. The zero-order valence-electron chi connectivity index (χ0n) is 9.71. The fraction of sp³-hybridized carbons (Fsp3) is 0.545. The van der Waals surface area contributed by atoms with Gasteiger partial charge < -0.3 is 10.2 Å². The van der Waals surface area contributed by atoms with Crippen LogP contribution in [0, 0.1) is 6.92 Å². The van der Waals surface area contributed by atoms with E-state index in [2.05, 4.69) is 59.1 Å². The van der Waals surface area contributed by atoms with Gasteiger partial charge in [-0.15, -0.1) is 0 Å². The van der Waals surface area contributed by atoms with Crippen molar-refractivity contribution in [2.75, 3.05) is 26.0 Å². The predicted molar refractivity (Wildman–Crippen MR) is 68.3 cm³/mol. The average Bonchev–Trinajstić information content (AvgIpc) is 2.19. The van der Waals surface area contributed by atoms with Crippen molar-refractivity contribution in [2.45, 2.75) is 19.9 Å². The third kappa shape index (κ3) is 3.80. The van der Waals surface area contributed by atoms with Gasteiger partial charge in [0.2, 0.25) is 0 Å². The summed E-state index contributed by atoms with van der Waals surface area (Å²) in [5, 5.41) is 3.32. The lowest BCUT2D eigenvalue weighted by Gasteiger charge is -2.20. The molecule has 0 aliphatic heterocycles. The van der Waals surface area contributed by atoms with Crippen molar-refractivity contribution in [3.05, 3.63) is 22.3 Å². The highest BCUT2D eigenvalue weighted by atomic mass is 79.9. The van der Waals surface area contributed by atoms with Gasteiger partial charge in [-0.3, -0.25) is 0 Å². The molecular weight excluding hydrogens is 254 g/mol. The number of hydrogen-bond acceptors (Lipinski definition) is 3. The summed E-state index contributed by atoms with van der Waals surface area (Å²) < 4.78 is 1.05. The van der Waals surface area contributed by atoms with Crippen molar-refractivity contribution in [1.29, 1.82) is 0 Å². The zero-order chi connectivity index (χ0) is 11.4. The van der Waals surface area contributed by atoms with Crippen molar-refractivity contribution in [3.63, 3.8) is 0 Å². The van der Waals surface area contributed by atoms with Gasteiger partial charge in [0.05, 0.1) is 0 Å². The van der Waals surface area contributed by atoms with E-state index < -0.39 is 0 Å². The third-order valence-corrected chi connectivity index (χ3v) is 3.34. The number of pyridine rings is 1. The Balaban J connectivity index is 2.55. The van der Waals surface area contributed by atoms with E-state index in [0.29, 0.717) is 6.04 Å². The predicted octanol–water partition coefficient (Wildman–Crippen LogP) is 2.51. The van der Waals surface area contributed by atoms with Crippen molar-refractivity contribution < 1.29 is 0 Å². The van der Waals surface area contributed by atoms with Crippen LogP contribution >= 0.6 is 15.9 Å². The molecule has 1 N–H and O–H groups in total. The van der Waals surface area contributed by atoms with Gasteiger partial charge in [0.25, 0.3) is 0 Å². The van der Waals surface area contributed by atoms with E-state index in [9.17, 15) is 0 Å². The standard InChI is InChI=1S/C11H18BrN3/c1-8-5-11(14-7-10(8)12)13-6-9(2)15(3)4/h5,7,9H,6H2,1-4H3,(H,13,14). The van der Waals surface area contributed by atoms with E-state index in [0.717, 1.165) is 16.8 Å². The van der Waals surface area contributed by atoms with Crippen LogP contribution in [-0.4, -0.2) is 36.6 Å². The van der Waals surface area contributed by atoms with Crippen molar-refractivity contribution >= 4 is 21.7 Å². The van der Waals surface area contributed by atoms with Crippen molar-refractivity contribution in [1.82, 2.24) is 9.88 Å². The van der Waals surface area contributed by atoms with Crippen LogP contribution in [0.15, 0.2) is 16.7 Å². The summed E-state index contributed by atoms with van der Waals surface area (Å²) in [4.78, 5) is 6.47. The van der Waals surface area contributed by atoms with Gasteiger partial charge in [-0.25, -0.2) is 4.98 Å². The Labute approximate surface area is 100 Å². The minimum Gasteiger partial charge on any atom is -0.369 e. The number of rotatable bonds is 4. The summed E-state index contributed by atoms with van der Waals surface area (Å²) in [5.41, 5.74) is 1.20. The Morgan fingerprint density at radius 2 is 2.20 bits per heavy atom. The maximum Gasteiger partial charge on any atom is 0.126 e. The van der Waals surface area contributed by atoms with E-state index in [1.165, 1.54) is 5.56 Å². The number of aromatic nitrogens is 1. The number of aryl methyl sites for hydroxylation is 1. The molecule has 1 unspecified atom stereocenters. The second kappa shape index (κ2) is 5.47. The van der Waals surface area contributed by atoms with Crippen LogP contribution in [0.1, 0.15) is 12.5 Å². The molecule has 0 amide bonds. The summed E-state index contributed by atoms with van der Waals surface area (Å²) in [7, 11) is 4.15. The third-order valence-electron chi connectivity index (χ3n) is 2.51. The molecule has 0 fully saturated rings. The van der Waals surface area contributed by atoms with Gasteiger partial charge in [-0.2, -0.15) is 0 Å². The first kappa shape index (κ1) is 12.5. The number of anilines is 1. The van der Waals surface area contributed by atoms with Crippen LogP contribution in [-0.2, 0) is 0 Å². The molecule has 1 rings (SSSR count). The number of hydrogen-bond donors (Lipinski definition) is 1. The van der Waals surface area contributed by atoms with Gasteiger partial charge >= 0.3 is 0 Å². The molecule has 3 nitrogen and oxygen atoms in total. The van der Waals surface area contributed by atoms with Crippen molar-refractivity contribution in [3.8, 4) is 0 Å². The van der Waals surface area contributed by atoms with E-state index in [1.807, 2.05) is 12.3 Å². The maximum absolute atomic E-state index is 4.29. The van der Waals surface area contributed by atoms with Crippen LogP contribution < -0.4 is 5.32 Å². The lowest BCUT2D eigenvalue weighted by Crippen LogP contribution is -2.31. The Morgan fingerprint density at radius 3 is 2.73 bits per heavy atom. The SMILES string of the molecule is Cc1cc(NCC(C)N(C)C)ncc1Br. The van der Waals surface area contributed by atoms with Gasteiger partial charge in [0, 0.05) is 23.3 Å². The van der Waals surface area contributed by atoms with Gasteiger partial charge in [0.15, 0.2) is 0 Å². The van der Waals surface area contributed by atoms with Gasteiger partial charge in [-0.05, 0) is 55.5 Å². The molecule has 0 aromatic carbocycles. The molecule has 84 valence electrons. The highest BCUT2D eigenvalue weighted by Crippen LogP contribution is 2.17. The molecule has 1 heterocycles. The Kier molecular flexibility index (Phi) is 4.54. The van der Waals surface area contributed by atoms with Crippen LogP contribution in [0.4, 0.5) is 5.82 Å². The van der Waals surface area contributed by atoms with Gasteiger partial charge in [0.1, 0.15) is 5.82 Å². The topological polar surface area (TPSA) is 28.2 Å². The van der Waals surface area contributed by atoms with E-state index in [-0.39, 0.29) is 0 Å². The Morgan fingerprint density at radius 1 is 1.53 bits per heavy atom. The smallest absolute Gasteiger partial charge is 0.126 e. The van der Waals surface area contributed by atoms with Crippen LogP contribution in [0.2, 0.25) is 0 Å². The molecule has 0 bridgehead atoms. The summed E-state index contributed by atoms with van der Waals surface area (Å²) in [6.07, 6.45) is 1.83. The molecule has 4 heteroatoms. The molecular formula is C11H18BrN3. The average molecular weight is 272 g/mol. The first-order valence-corrected chi connectivity index (χ1v) is 5.82. The first-order chi connectivity index (χ1) is 7.00. The molecule has 15 heavy (non-hydrogen) atoms. The Bertz CT molecular complexity index is 326. The number of halogens is 1. The highest BCUT2D eigenvalue weighted by Gasteiger charge is 2.04. The largest absolute Gasteiger partial charge is 0.369 e. The van der Waals surface area contributed by atoms with Crippen LogP contribution in [0.5, 0.6) is 0 Å². The fourth-order valence-electron chi connectivity index (χ4n) is 1.07. The second-order valence-corrected chi connectivity index (χ2v) is 4.87.